The van der Waals surface area contributed by atoms with Crippen molar-refractivity contribution in [3.05, 3.63) is 83.9 Å². The van der Waals surface area contributed by atoms with Gasteiger partial charge in [-0.25, -0.2) is 4.79 Å². The van der Waals surface area contributed by atoms with E-state index in [4.69, 9.17) is 9.47 Å². The second-order valence-electron chi connectivity index (χ2n) is 8.01. The standard InChI is InChI=1S/C26H25NO3/c1-29-24-14-11-19-9-5-6-10-23(19)25(24)20-15-21-12-13-22(16-20)27(21)26(28)30-17-18-7-3-2-4-8-18/h2-11,14-15,21-22H,12-13,16-17H2,1H3. The highest BCUT2D eigenvalue weighted by Crippen LogP contribution is 2.43. The first kappa shape index (κ1) is 18.7. The van der Waals surface area contributed by atoms with Gasteiger partial charge in [-0.3, -0.25) is 4.90 Å². The third-order valence-electron chi connectivity index (χ3n) is 6.24. The Kier molecular flexibility index (Phi) is 4.91. The van der Waals surface area contributed by atoms with E-state index in [-0.39, 0.29) is 18.2 Å². The molecule has 0 spiro atoms. The molecule has 4 heteroatoms. The minimum atomic E-state index is -0.216. The first-order valence-corrected chi connectivity index (χ1v) is 10.5. The van der Waals surface area contributed by atoms with E-state index < -0.39 is 0 Å². The van der Waals surface area contributed by atoms with Gasteiger partial charge in [-0.2, -0.15) is 0 Å². The van der Waals surface area contributed by atoms with Crippen LogP contribution in [0.4, 0.5) is 4.79 Å². The molecule has 0 radical (unpaired) electrons. The number of carbonyl (C=O) groups excluding carboxylic acids is 1. The molecule has 0 saturated carbocycles. The zero-order valence-corrected chi connectivity index (χ0v) is 17.1. The summed E-state index contributed by atoms with van der Waals surface area (Å²) in [5.74, 6) is 0.888. The summed E-state index contributed by atoms with van der Waals surface area (Å²) >= 11 is 0. The summed E-state index contributed by atoms with van der Waals surface area (Å²) in [7, 11) is 1.72. The average Bonchev–Trinajstić information content (AvgIpc) is 3.07. The van der Waals surface area contributed by atoms with E-state index in [0.717, 1.165) is 36.1 Å². The van der Waals surface area contributed by atoms with E-state index in [0.29, 0.717) is 6.61 Å². The van der Waals surface area contributed by atoms with E-state index in [2.05, 4.69) is 36.4 Å². The van der Waals surface area contributed by atoms with Gasteiger partial charge in [0.1, 0.15) is 12.4 Å². The molecule has 3 aromatic rings. The molecule has 2 unspecified atom stereocenters. The number of hydrogen-bond donors (Lipinski definition) is 0. The fourth-order valence-corrected chi connectivity index (χ4v) is 4.85. The van der Waals surface area contributed by atoms with Crippen LogP contribution in [0.15, 0.2) is 72.8 Å². The van der Waals surface area contributed by atoms with Crippen molar-refractivity contribution >= 4 is 22.4 Å². The van der Waals surface area contributed by atoms with Gasteiger partial charge >= 0.3 is 6.09 Å². The molecular weight excluding hydrogens is 374 g/mol. The number of hydrogen-bond acceptors (Lipinski definition) is 3. The number of rotatable bonds is 4. The predicted octanol–water partition coefficient (Wildman–Crippen LogP) is 5.81. The van der Waals surface area contributed by atoms with Crippen LogP contribution >= 0.6 is 0 Å². The van der Waals surface area contributed by atoms with Crippen molar-refractivity contribution in [3.8, 4) is 5.75 Å². The molecule has 1 amide bonds. The Balaban J connectivity index is 1.42. The Labute approximate surface area is 176 Å². The lowest BCUT2D eigenvalue weighted by Gasteiger charge is -2.34. The van der Waals surface area contributed by atoms with Crippen molar-refractivity contribution in [1.29, 1.82) is 0 Å². The largest absolute Gasteiger partial charge is 0.496 e. The van der Waals surface area contributed by atoms with Crippen molar-refractivity contribution in [2.45, 2.75) is 38.0 Å². The van der Waals surface area contributed by atoms with Crippen LogP contribution in [0.25, 0.3) is 16.3 Å². The van der Waals surface area contributed by atoms with E-state index in [1.54, 1.807) is 7.11 Å². The van der Waals surface area contributed by atoms with Crippen molar-refractivity contribution in [2.75, 3.05) is 7.11 Å². The second-order valence-corrected chi connectivity index (χ2v) is 8.01. The van der Waals surface area contributed by atoms with Crippen molar-refractivity contribution in [2.24, 2.45) is 0 Å². The molecule has 152 valence electrons. The molecule has 0 aliphatic carbocycles. The Morgan fingerprint density at radius 3 is 2.60 bits per heavy atom. The summed E-state index contributed by atoms with van der Waals surface area (Å²) in [6, 6.07) is 22.6. The molecule has 5 rings (SSSR count). The molecule has 2 atom stereocenters. The number of fused-ring (bicyclic) bond motifs is 3. The molecule has 0 aromatic heterocycles. The molecule has 2 aliphatic heterocycles. The second kappa shape index (κ2) is 7.86. The minimum absolute atomic E-state index is 0.0747. The summed E-state index contributed by atoms with van der Waals surface area (Å²) < 4.78 is 11.4. The van der Waals surface area contributed by atoms with Gasteiger partial charge in [-0.1, -0.05) is 66.7 Å². The minimum Gasteiger partial charge on any atom is -0.496 e. The summed E-state index contributed by atoms with van der Waals surface area (Å²) in [6.07, 6.45) is 4.82. The van der Waals surface area contributed by atoms with Crippen LogP contribution in [0.1, 0.15) is 30.4 Å². The molecule has 2 heterocycles. The maximum Gasteiger partial charge on any atom is 0.410 e. The first-order valence-electron chi connectivity index (χ1n) is 10.5. The third-order valence-corrected chi connectivity index (χ3v) is 6.24. The monoisotopic (exact) mass is 399 g/mol. The number of methoxy groups -OCH3 is 1. The molecular formula is C26H25NO3. The molecule has 2 aliphatic rings. The maximum atomic E-state index is 12.9. The predicted molar refractivity (Wildman–Crippen MR) is 118 cm³/mol. The fraction of sp³-hybridized carbons (Fsp3) is 0.269. The van der Waals surface area contributed by atoms with Gasteiger partial charge < -0.3 is 9.47 Å². The highest BCUT2D eigenvalue weighted by atomic mass is 16.6. The van der Waals surface area contributed by atoms with Gasteiger partial charge in [0, 0.05) is 11.6 Å². The molecule has 4 nitrogen and oxygen atoms in total. The van der Waals surface area contributed by atoms with Gasteiger partial charge in [0.05, 0.1) is 13.2 Å². The Bertz CT molecular complexity index is 1110. The highest BCUT2D eigenvalue weighted by molar-refractivity contribution is 5.97. The summed E-state index contributed by atoms with van der Waals surface area (Å²) in [6.45, 7) is 0.309. The lowest BCUT2D eigenvalue weighted by atomic mass is 9.90. The Morgan fingerprint density at radius 2 is 1.80 bits per heavy atom. The maximum absolute atomic E-state index is 12.9. The van der Waals surface area contributed by atoms with E-state index in [1.165, 1.54) is 16.3 Å². The molecule has 0 N–H and O–H groups in total. The summed E-state index contributed by atoms with van der Waals surface area (Å²) in [5.41, 5.74) is 3.43. The zero-order chi connectivity index (χ0) is 20.5. The molecule has 2 bridgehead atoms. The van der Waals surface area contributed by atoms with Crippen LogP contribution < -0.4 is 4.74 Å². The quantitative estimate of drug-likeness (QED) is 0.556. The summed E-state index contributed by atoms with van der Waals surface area (Å²) in [5, 5.41) is 2.40. The van der Waals surface area contributed by atoms with Gasteiger partial charge in [-0.05, 0) is 47.2 Å². The number of ether oxygens (including phenoxy) is 2. The van der Waals surface area contributed by atoms with Gasteiger partial charge in [0.25, 0.3) is 0 Å². The van der Waals surface area contributed by atoms with Crippen LogP contribution in [-0.2, 0) is 11.3 Å². The van der Waals surface area contributed by atoms with Crippen molar-refractivity contribution < 1.29 is 14.3 Å². The van der Waals surface area contributed by atoms with Gasteiger partial charge in [-0.15, -0.1) is 0 Å². The van der Waals surface area contributed by atoms with Crippen LogP contribution in [0.3, 0.4) is 0 Å². The Hall–Kier alpha value is -3.27. The normalized spacial score (nSPS) is 20.2. The molecule has 1 saturated heterocycles. The SMILES string of the molecule is COc1ccc2ccccc2c1C1=CC2CCC(C1)N2C(=O)OCc1ccccc1. The van der Waals surface area contributed by atoms with Gasteiger partial charge in [0.15, 0.2) is 0 Å². The molecule has 3 aromatic carbocycles. The van der Waals surface area contributed by atoms with Crippen LogP contribution in [0.5, 0.6) is 5.75 Å². The lowest BCUT2D eigenvalue weighted by molar-refractivity contribution is 0.0832. The Morgan fingerprint density at radius 1 is 1.00 bits per heavy atom. The van der Waals surface area contributed by atoms with E-state index in [9.17, 15) is 4.79 Å². The summed E-state index contributed by atoms with van der Waals surface area (Å²) in [4.78, 5) is 14.8. The number of carbonyl (C=O) groups is 1. The number of benzene rings is 3. The van der Waals surface area contributed by atoms with Crippen molar-refractivity contribution in [3.63, 3.8) is 0 Å². The van der Waals surface area contributed by atoms with Crippen LogP contribution in [0.2, 0.25) is 0 Å². The first-order chi connectivity index (χ1) is 14.7. The zero-order valence-electron chi connectivity index (χ0n) is 17.1. The van der Waals surface area contributed by atoms with E-state index >= 15 is 0 Å². The van der Waals surface area contributed by atoms with Crippen LogP contribution in [0, 0.1) is 0 Å². The molecule has 30 heavy (non-hydrogen) atoms. The van der Waals surface area contributed by atoms with Crippen LogP contribution in [-0.4, -0.2) is 30.2 Å². The fourth-order valence-electron chi connectivity index (χ4n) is 4.85. The van der Waals surface area contributed by atoms with Crippen molar-refractivity contribution in [1.82, 2.24) is 4.90 Å². The average molecular weight is 399 g/mol. The van der Waals surface area contributed by atoms with E-state index in [1.807, 2.05) is 41.3 Å². The lowest BCUT2D eigenvalue weighted by Crippen LogP contribution is -2.43. The van der Waals surface area contributed by atoms with Gasteiger partial charge in [0.2, 0.25) is 0 Å². The number of nitrogens with zero attached hydrogens (tertiary/aromatic N) is 1. The topological polar surface area (TPSA) is 38.8 Å². The molecule has 1 fully saturated rings. The number of amides is 1. The highest BCUT2D eigenvalue weighted by Gasteiger charge is 2.41. The smallest absolute Gasteiger partial charge is 0.410 e. The third kappa shape index (κ3) is 3.32.